The molecule has 1 saturated heterocycles. The highest BCUT2D eigenvalue weighted by atomic mass is 35.5. The first-order valence-corrected chi connectivity index (χ1v) is 6.51. The van der Waals surface area contributed by atoms with E-state index in [1.807, 2.05) is 23.1 Å². The zero-order valence-corrected chi connectivity index (χ0v) is 11.0. The minimum absolute atomic E-state index is 0.0348. The van der Waals surface area contributed by atoms with Crippen LogP contribution in [0, 0.1) is 5.92 Å². The van der Waals surface area contributed by atoms with Crippen LogP contribution in [0.4, 0.5) is 0 Å². The smallest absolute Gasteiger partial charge is 0.224 e. The molecule has 3 heteroatoms. The van der Waals surface area contributed by atoms with Gasteiger partial charge in [-0.05, 0) is 11.5 Å². The normalized spacial score (nSPS) is 22.2. The first kappa shape index (κ1) is 12.4. The van der Waals surface area contributed by atoms with Crippen LogP contribution in [-0.4, -0.2) is 22.7 Å². The quantitative estimate of drug-likeness (QED) is 0.756. The molecule has 0 radical (unpaired) electrons. The van der Waals surface area contributed by atoms with E-state index in [1.165, 1.54) is 5.56 Å². The summed E-state index contributed by atoms with van der Waals surface area (Å²) >= 11 is 6.08. The first-order valence-electron chi connectivity index (χ1n) is 6.08. The van der Waals surface area contributed by atoms with Crippen molar-refractivity contribution in [3.8, 4) is 0 Å². The van der Waals surface area contributed by atoms with E-state index in [9.17, 15) is 4.79 Å². The maximum Gasteiger partial charge on any atom is 0.224 e. The van der Waals surface area contributed by atoms with Gasteiger partial charge >= 0.3 is 0 Å². The van der Waals surface area contributed by atoms with Gasteiger partial charge < -0.3 is 4.90 Å². The van der Waals surface area contributed by atoms with Crippen LogP contribution in [0.15, 0.2) is 30.3 Å². The molecule has 1 aromatic carbocycles. The maximum atomic E-state index is 11.9. The molecule has 0 bridgehead atoms. The number of benzene rings is 1. The first-order chi connectivity index (χ1) is 8.09. The van der Waals surface area contributed by atoms with Gasteiger partial charge in [0, 0.05) is 13.0 Å². The molecule has 1 aliphatic rings. The SMILES string of the molecule is CC(C)C(c1ccccc1)N1CC(Cl)CC1=O. The fraction of sp³-hybridized carbons (Fsp3) is 0.500. The van der Waals surface area contributed by atoms with Crippen molar-refractivity contribution >= 4 is 17.5 Å². The average molecular weight is 252 g/mol. The molecule has 17 heavy (non-hydrogen) atoms. The maximum absolute atomic E-state index is 11.9. The molecule has 0 spiro atoms. The van der Waals surface area contributed by atoms with E-state index >= 15 is 0 Å². The summed E-state index contributed by atoms with van der Waals surface area (Å²) in [5, 5.41) is -0.0348. The van der Waals surface area contributed by atoms with Crippen molar-refractivity contribution in [3.05, 3.63) is 35.9 Å². The van der Waals surface area contributed by atoms with Crippen molar-refractivity contribution in [3.63, 3.8) is 0 Å². The largest absolute Gasteiger partial charge is 0.334 e. The van der Waals surface area contributed by atoms with Crippen molar-refractivity contribution in [2.75, 3.05) is 6.54 Å². The number of halogens is 1. The van der Waals surface area contributed by atoms with E-state index in [-0.39, 0.29) is 17.3 Å². The number of hydrogen-bond acceptors (Lipinski definition) is 1. The predicted octanol–water partition coefficient (Wildman–Crippen LogP) is 3.22. The molecule has 0 aromatic heterocycles. The Morgan fingerprint density at radius 1 is 1.29 bits per heavy atom. The van der Waals surface area contributed by atoms with E-state index in [0.29, 0.717) is 18.9 Å². The Kier molecular flexibility index (Phi) is 3.72. The summed E-state index contributed by atoms with van der Waals surface area (Å²) in [4.78, 5) is 13.9. The lowest BCUT2D eigenvalue weighted by Crippen LogP contribution is -2.33. The molecule has 92 valence electrons. The number of rotatable bonds is 3. The third-order valence-corrected chi connectivity index (χ3v) is 3.51. The van der Waals surface area contributed by atoms with Crippen molar-refractivity contribution in [1.29, 1.82) is 0 Å². The summed E-state index contributed by atoms with van der Waals surface area (Å²) in [6.45, 7) is 4.96. The summed E-state index contributed by atoms with van der Waals surface area (Å²) in [6.07, 6.45) is 0.470. The van der Waals surface area contributed by atoms with Gasteiger partial charge in [-0.15, -0.1) is 11.6 Å². The number of carbonyl (C=O) groups is 1. The molecule has 2 rings (SSSR count). The topological polar surface area (TPSA) is 20.3 Å². The van der Waals surface area contributed by atoms with Crippen molar-refractivity contribution in [1.82, 2.24) is 4.90 Å². The number of alkyl halides is 1. The molecule has 1 aliphatic heterocycles. The number of carbonyl (C=O) groups excluding carboxylic acids is 1. The van der Waals surface area contributed by atoms with Crippen LogP contribution in [0.25, 0.3) is 0 Å². The summed E-state index contributed by atoms with van der Waals surface area (Å²) < 4.78 is 0. The lowest BCUT2D eigenvalue weighted by molar-refractivity contribution is -0.130. The Bertz CT molecular complexity index is 390. The minimum Gasteiger partial charge on any atom is -0.334 e. The third-order valence-electron chi connectivity index (χ3n) is 3.22. The van der Waals surface area contributed by atoms with Crippen LogP contribution in [0.3, 0.4) is 0 Å². The fourth-order valence-electron chi connectivity index (χ4n) is 2.53. The lowest BCUT2D eigenvalue weighted by Gasteiger charge is -2.31. The molecular formula is C14H18ClNO. The molecule has 1 heterocycles. The second kappa shape index (κ2) is 5.09. The molecule has 0 N–H and O–H groups in total. The Hall–Kier alpha value is -1.02. The second-order valence-corrected chi connectivity index (χ2v) is 5.56. The van der Waals surface area contributed by atoms with Gasteiger partial charge in [-0.25, -0.2) is 0 Å². The van der Waals surface area contributed by atoms with Gasteiger partial charge in [-0.2, -0.15) is 0 Å². The van der Waals surface area contributed by atoms with E-state index in [2.05, 4.69) is 26.0 Å². The zero-order valence-electron chi connectivity index (χ0n) is 10.3. The Balaban J connectivity index is 2.27. The third kappa shape index (κ3) is 2.63. The van der Waals surface area contributed by atoms with Gasteiger partial charge in [-0.3, -0.25) is 4.79 Å². The monoisotopic (exact) mass is 251 g/mol. The summed E-state index contributed by atoms with van der Waals surface area (Å²) in [5.74, 6) is 0.566. The molecule has 2 atom stereocenters. The van der Waals surface area contributed by atoms with E-state index in [4.69, 9.17) is 11.6 Å². The summed E-state index contributed by atoms with van der Waals surface area (Å²) in [5.41, 5.74) is 1.20. The van der Waals surface area contributed by atoms with Gasteiger partial charge in [0.2, 0.25) is 5.91 Å². The molecule has 0 saturated carbocycles. The van der Waals surface area contributed by atoms with Gasteiger partial charge in [0.25, 0.3) is 0 Å². The standard InChI is InChI=1S/C14H18ClNO/c1-10(2)14(11-6-4-3-5-7-11)16-9-12(15)8-13(16)17/h3-7,10,12,14H,8-9H2,1-2H3. The highest BCUT2D eigenvalue weighted by molar-refractivity contribution is 6.22. The van der Waals surface area contributed by atoms with E-state index in [0.717, 1.165) is 0 Å². The average Bonchev–Trinajstić information content (AvgIpc) is 2.59. The Morgan fingerprint density at radius 3 is 2.41 bits per heavy atom. The number of hydrogen-bond donors (Lipinski definition) is 0. The molecule has 1 fully saturated rings. The van der Waals surface area contributed by atoms with Crippen molar-refractivity contribution in [2.24, 2.45) is 5.92 Å². The second-order valence-electron chi connectivity index (χ2n) is 4.95. The van der Waals surface area contributed by atoms with Crippen molar-refractivity contribution < 1.29 is 4.79 Å². The van der Waals surface area contributed by atoms with Crippen LogP contribution in [0.2, 0.25) is 0 Å². The molecule has 1 aromatic rings. The van der Waals surface area contributed by atoms with Gasteiger partial charge in [0.05, 0.1) is 11.4 Å². The van der Waals surface area contributed by atoms with Crippen LogP contribution >= 0.6 is 11.6 Å². The van der Waals surface area contributed by atoms with E-state index in [1.54, 1.807) is 0 Å². The van der Waals surface area contributed by atoms with Gasteiger partial charge in [0.15, 0.2) is 0 Å². The molecule has 1 amide bonds. The summed E-state index contributed by atoms with van der Waals surface area (Å²) in [6, 6.07) is 10.3. The Labute approximate surface area is 108 Å². The zero-order chi connectivity index (χ0) is 12.4. The lowest BCUT2D eigenvalue weighted by atomic mass is 9.95. The van der Waals surface area contributed by atoms with Crippen LogP contribution in [0.1, 0.15) is 31.9 Å². The van der Waals surface area contributed by atoms with Gasteiger partial charge in [0.1, 0.15) is 0 Å². The van der Waals surface area contributed by atoms with Gasteiger partial charge in [-0.1, -0.05) is 44.2 Å². The molecule has 2 nitrogen and oxygen atoms in total. The van der Waals surface area contributed by atoms with Crippen LogP contribution in [0.5, 0.6) is 0 Å². The fourth-order valence-corrected chi connectivity index (χ4v) is 2.81. The number of likely N-dealkylation sites (tertiary alicyclic amines) is 1. The molecule has 2 unspecified atom stereocenters. The molecular weight excluding hydrogens is 234 g/mol. The van der Waals surface area contributed by atoms with Crippen molar-refractivity contribution in [2.45, 2.75) is 31.7 Å². The summed E-state index contributed by atoms with van der Waals surface area (Å²) in [7, 11) is 0. The number of amides is 1. The highest BCUT2D eigenvalue weighted by Gasteiger charge is 2.35. The Morgan fingerprint density at radius 2 is 1.94 bits per heavy atom. The van der Waals surface area contributed by atoms with Crippen LogP contribution < -0.4 is 0 Å². The van der Waals surface area contributed by atoms with E-state index < -0.39 is 0 Å². The highest BCUT2D eigenvalue weighted by Crippen LogP contribution is 2.33. The predicted molar refractivity (Wildman–Crippen MR) is 70.0 cm³/mol. The minimum atomic E-state index is -0.0348. The molecule has 0 aliphatic carbocycles. The van der Waals surface area contributed by atoms with Crippen LogP contribution in [-0.2, 0) is 4.79 Å². The number of nitrogens with zero attached hydrogens (tertiary/aromatic N) is 1.